The van der Waals surface area contributed by atoms with Crippen molar-refractivity contribution in [2.24, 2.45) is 11.8 Å². The van der Waals surface area contributed by atoms with Crippen LogP contribution in [0.4, 0.5) is 0 Å². The Labute approximate surface area is 146 Å². The SMILES string of the molecule is CN1CCC(CCNC(=O)[C@H]2CCCN(S(=O)(=O)N(C)C)C2)CC1. The molecule has 2 fully saturated rings. The maximum atomic E-state index is 12.4. The topological polar surface area (TPSA) is 73.0 Å². The van der Waals surface area contributed by atoms with E-state index in [0.717, 1.165) is 32.4 Å². The molecule has 0 unspecified atom stereocenters. The van der Waals surface area contributed by atoms with Gasteiger partial charge in [0.05, 0.1) is 5.92 Å². The fourth-order valence-corrected chi connectivity index (χ4v) is 4.68. The van der Waals surface area contributed by atoms with E-state index in [1.165, 1.54) is 35.5 Å². The van der Waals surface area contributed by atoms with Crippen LogP contribution in [-0.2, 0) is 15.0 Å². The molecule has 2 saturated heterocycles. The van der Waals surface area contributed by atoms with E-state index in [-0.39, 0.29) is 11.8 Å². The third kappa shape index (κ3) is 5.15. The van der Waals surface area contributed by atoms with Gasteiger partial charge in [-0.05, 0) is 58.2 Å². The number of carbonyl (C=O) groups excluding carboxylic acids is 1. The van der Waals surface area contributed by atoms with Crippen molar-refractivity contribution < 1.29 is 13.2 Å². The van der Waals surface area contributed by atoms with Gasteiger partial charge in [-0.2, -0.15) is 17.0 Å². The summed E-state index contributed by atoms with van der Waals surface area (Å²) in [5, 5.41) is 3.02. The van der Waals surface area contributed by atoms with E-state index in [1.807, 2.05) is 0 Å². The van der Waals surface area contributed by atoms with Gasteiger partial charge >= 0.3 is 0 Å². The van der Waals surface area contributed by atoms with Crippen molar-refractivity contribution in [1.29, 1.82) is 0 Å². The zero-order valence-corrected chi connectivity index (χ0v) is 16.0. The number of hydrogen-bond donors (Lipinski definition) is 1. The Morgan fingerprint density at radius 2 is 1.83 bits per heavy atom. The Morgan fingerprint density at radius 3 is 2.46 bits per heavy atom. The molecule has 8 heteroatoms. The predicted molar refractivity (Wildman–Crippen MR) is 94.8 cm³/mol. The molecule has 0 saturated carbocycles. The summed E-state index contributed by atoms with van der Waals surface area (Å²) < 4.78 is 27.1. The van der Waals surface area contributed by atoms with E-state index in [2.05, 4.69) is 17.3 Å². The van der Waals surface area contributed by atoms with E-state index >= 15 is 0 Å². The number of likely N-dealkylation sites (tertiary alicyclic amines) is 1. The van der Waals surface area contributed by atoms with E-state index in [1.54, 1.807) is 0 Å². The fourth-order valence-electron chi connectivity index (χ4n) is 3.49. The molecule has 2 heterocycles. The second kappa shape index (κ2) is 8.60. The third-order valence-electron chi connectivity index (χ3n) is 5.23. The molecule has 2 aliphatic rings. The van der Waals surface area contributed by atoms with Crippen molar-refractivity contribution in [2.45, 2.75) is 32.1 Å². The molecule has 1 atom stereocenters. The van der Waals surface area contributed by atoms with Crippen LogP contribution in [0.25, 0.3) is 0 Å². The first-order chi connectivity index (χ1) is 11.3. The number of rotatable bonds is 6. The molecule has 0 aromatic carbocycles. The maximum Gasteiger partial charge on any atom is 0.281 e. The van der Waals surface area contributed by atoms with Crippen molar-refractivity contribution in [1.82, 2.24) is 18.8 Å². The molecule has 7 nitrogen and oxygen atoms in total. The molecule has 140 valence electrons. The third-order valence-corrected chi connectivity index (χ3v) is 7.14. The molecule has 0 bridgehead atoms. The number of piperidine rings is 2. The number of carbonyl (C=O) groups is 1. The molecule has 0 aromatic heterocycles. The van der Waals surface area contributed by atoms with Gasteiger partial charge in [0.2, 0.25) is 5.91 Å². The molecule has 1 N–H and O–H groups in total. The summed E-state index contributed by atoms with van der Waals surface area (Å²) in [6, 6.07) is 0. The highest BCUT2D eigenvalue weighted by Crippen LogP contribution is 2.21. The van der Waals surface area contributed by atoms with Gasteiger partial charge in [0.1, 0.15) is 0 Å². The van der Waals surface area contributed by atoms with Crippen LogP contribution in [-0.4, -0.2) is 81.7 Å². The summed E-state index contributed by atoms with van der Waals surface area (Å²) in [5.74, 6) is 0.464. The lowest BCUT2D eigenvalue weighted by atomic mass is 9.93. The largest absolute Gasteiger partial charge is 0.356 e. The molecule has 1 amide bonds. The summed E-state index contributed by atoms with van der Waals surface area (Å²) in [7, 11) is 1.78. The van der Waals surface area contributed by atoms with Crippen LogP contribution in [0.3, 0.4) is 0 Å². The van der Waals surface area contributed by atoms with Crippen molar-refractivity contribution in [2.75, 3.05) is 53.9 Å². The number of amides is 1. The zero-order chi connectivity index (χ0) is 17.7. The highest BCUT2D eigenvalue weighted by molar-refractivity contribution is 7.86. The van der Waals surface area contributed by atoms with E-state index in [9.17, 15) is 13.2 Å². The molecule has 0 aliphatic carbocycles. The summed E-state index contributed by atoms with van der Waals surface area (Å²) in [4.78, 5) is 14.7. The van der Waals surface area contributed by atoms with Crippen molar-refractivity contribution >= 4 is 16.1 Å². The number of nitrogens with zero attached hydrogens (tertiary/aromatic N) is 3. The van der Waals surface area contributed by atoms with Gasteiger partial charge < -0.3 is 10.2 Å². The van der Waals surface area contributed by atoms with E-state index in [0.29, 0.717) is 25.6 Å². The molecule has 0 aromatic rings. The smallest absolute Gasteiger partial charge is 0.281 e. The van der Waals surface area contributed by atoms with E-state index < -0.39 is 10.2 Å². The van der Waals surface area contributed by atoms with Crippen LogP contribution in [0.15, 0.2) is 0 Å². The Balaban J connectivity index is 1.76. The van der Waals surface area contributed by atoms with Crippen molar-refractivity contribution in [3.8, 4) is 0 Å². The second-order valence-corrected chi connectivity index (χ2v) is 9.46. The Morgan fingerprint density at radius 1 is 1.17 bits per heavy atom. The van der Waals surface area contributed by atoms with Gasteiger partial charge in [0.25, 0.3) is 10.2 Å². The maximum absolute atomic E-state index is 12.4. The Bertz CT molecular complexity index is 515. The summed E-state index contributed by atoms with van der Waals surface area (Å²) in [6.07, 6.45) is 4.92. The van der Waals surface area contributed by atoms with Crippen LogP contribution in [0.5, 0.6) is 0 Å². The minimum Gasteiger partial charge on any atom is -0.356 e. The first-order valence-corrected chi connectivity index (χ1v) is 10.3. The molecule has 2 aliphatic heterocycles. The van der Waals surface area contributed by atoms with Gasteiger partial charge in [0.15, 0.2) is 0 Å². The number of hydrogen-bond acceptors (Lipinski definition) is 4. The summed E-state index contributed by atoms with van der Waals surface area (Å²) >= 11 is 0. The Kier molecular flexibility index (Phi) is 7.03. The molecule has 0 spiro atoms. The number of nitrogens with one attached hydrogen (secondary N) is 1. The van der Waals surface area contributed by atoms with Crippen LogP contribution in [0.2, 0.25) is 0 Å². The molecule has 24 heavy (non-hydrogen) atoms. The van der Waals surface area contributed by atoms with Crippen LogP contribution in [0, 0.1) is 11.8 Å². The van der Waals surface area contributed by atoms with Gasteiger partial charge in [0, 0.05) is 33.7 Å². The first kappa shape index (κ1) is 19.6. The van der Waals surface area contributed by atoms with Crippen LogP contribution < -0.4 is 5.32 Å². The highest BCUT2D eigenvalue weighted by Gasteiger charge is 2.33. The van der Waals surface area contributed by atoms with Crippen LogP contribution >= 0.6 is 0 Å². The van der Waals surface area contributed by atoms with Gasteiger partial charge in [-0.1, -0.05) is 0 Å². The quantitative estimate of drug-likeness (QED) is 0.742. The Hall–Kier alpha value is -0.700. The molecular weight excluding hydrogens is 328 g/mol. The van der Waals surface area contributed by atoms with Crippen molar-refractivity contribution in [3.05, 3.63) is 0 Å². The monoisotopic (exact) mass is 360 g/mol. The zero-order valence-electron chi connectivity index (χ0n) is 15.2. The first-order valence-electron chi connectivity index (χ1n) is 8.94. The predicted octanol–water partition coefficient (Wildman–Crippen LogP) is 0.353. The van der Waals surface area contributed by atoms with Crippen LogP contribution in [0.1, 0.15) is 32.1 Å². The fraction of sp³-hybridized carbons (Fsp3) is 0.938. The molecule has 0 radical (unpaired) electrons. The lowest BCUT2D eigenvalue weighted by molar-refractivity contribution is -0.126. The minimum absolute atomic E-state index is 0.00147. The van der Waals surface area contributed by atoms with Gasteiger partial charge in [-0.3, -0.25) is 4.79 Å². The lowest BCUT2D eigenvalue weighted by Crippen LogP contribution is -2.49. The molecule has 2 rings (SSSR count). The summed E-state index contributed by atoms with van der Waals surface area (Å²) in [5.41, 5.74) is 0. The van der Waals surface area contributed by atoms with E-state index in [4.69, 9.17) is 0 Å². The normalized spacial score (nSPS) is 25.1. The second-order valence-electron chi connectivity index (χ2n) is 7.31. The molecular formula is C16H32N4O3S. The minimum atomic E-state index is -3.43. The average Bonchev–Trinajstić information content (AvgIpc) is 2.56. The highest BCUT2D eigenvalue weighted by atomic mass is 32.2. The van der Waals surface area contributed by atoms with Crippen molar-refractivity contribution in [3.63, 3.8) is 0 Å². The van der Waals surface area contributed by atoms with Gasteiger partial charge in [-0.15, -0.1) is 0 Å². The average molecular weight is 361 g/mol. The standard InChI is InChI=1S/C16H32N4O3S/c1-18(2)24(22,23)20-10-4-5-15(13-20)16(21)17-9-6-14-7-11-19(3)12-8-14/h14-15H,4-13H2,1-3H3,(H,17,21)/t15-/m0/s1. The summed E-state index contributed by atoms with van der Waals surface area (Å²) in [6.45, 7) is 3.77. The van der Waals surface area contributed by atoms with Gasteiger partial charge in [-0.25, -0.2) is 0 Å². The lowest BCUT2D eigenvalue weighted by Gasteiger charge is -2.33.